The van der Waals surface area contributed by atoms with Gasteiger partial charge in [-0.25, -0.2) is 0 Å². The molecule has 0 saturated carbocycles. The van der Waals surface area contributed by atoms with Crippen molar-refractivity contribution in [2.24, 2.45) is 0 Å². The molecule has 90 valence electrons. The second-order valence-electron chi connectivity index (χ2n) is 4.78. The molecule has 1 nitrogen and oxygen atoms in total. The Morgan fingerprint density at radius 2 is 2.06 bits per heavy atom. The van der Waals surface area contributed by atoms with Crippen LogP contribution in [0.25, 0.3) is 0 Å². The van der Waals surface area contributed by atoms with Crippen LogP contribution in [0.1, 0.15) is 25.3 Å². The quantitative estimate of drug-likeness (QED) is 0.529. The maximum atomic E-state index is 6.11. The molecule has 0 spiro atoms. The average molecular weight is 348 g/mol. The topological polar surface area (TPSA) is 9.23 Å². The van der Waals surface area contributed by atoms with Crippen molar-refractivity contribution in [3.63, 3.8) is 0 Å². The first kappa shape index (κ1) is 14.2. The van der Waals surface area contributed by atoms with Gasteiger partial charge in [0.1, 0.15) is 0 Å². The standard InChI is InChI=1S/C13H21IOSi/c1-4-5-9-16(2,3)15-11-12-7-6-8-13(14)10-12/h6-8,10H,4-5,9,11H2,1-3H3. The number of benzene rings is 1. The summed E-state index contributed by atoms with van der Waals surface area (Å²) in [5.41, 5.74) is 1.30. The maximum absolute atomic E-state index is 6.11. The third-order valence-electron chi connectivity index (χ3n) is 2.65. The first-order valence-electron chi connectivity index (χ1n) is 5.92. The molecule has 0 saturated heterocycles. The van der Waals surface area contributed by atoms with Crippen molar-refractivity contribution in [1.29, 1.82) is 0 Å². The van der Waals surface area contributed by atoms with Crippen LogP contribution in [0.4, 0.5) is 0 Å². The highest BCUT2D eigenvalue weighted by atomic mass is 127. The highest BCUT2D eigenvalue weighted by Crippen LogP contribution is 2.18. The van der Waals surface area contributed by atoms with Gasteiger partial charge in [-0.05, 0) is 59.4 Å². The molecule has 0 aromatic heterocycles. The van der Waals surface area contributed by atoms with Crippen LogP contribution in [0.15, 0.2) is 24.3 Å². The zero-order chi connectivity index (χ0) is 12.0. The summed E-state index contributed by atoms with van der Waals surface area (Å²) in [5.74, 6) is 0. The Balaban J connectivity index is 2.44. The van der Waals surface area contributed by atoms with Gasteiger partial charge in [0.05, 0.1) is 6.61 Å². The fourth-order valence-electron chi connectivity index (χ4n) is 1.58. The van der Waals surface area contributed by atoms with Crippen LogP contribution in [0.2, 0.25) is 19.1 Å². The van der Waals surface area contributed by atoms with Crippen molar-refractivity contribution in [2.75, 3.05) is 0 Å². The lowest BCUT2D eigenvalue weighted by molar-refractivity contribution is 0.293. The molecule has 0 bridgehead atoms. The lowest BCUT2D eigenvalue weighted by Gasteiger charge is -2.22. The average Bonchev–Trinajstić information content (AvgIpc) is 2.24. The van der Waals surface area contributed by atoms with Gasteiger partial charge >= 0.3 is 0 Å². The molecule has 0 aliphatic heterocycles. The van der Waals surface area contributed by atoms with Crippen LogP contribution in [0.3, 0.4) is 0 Å². The van der Waals surface area contributed by atoms with Crippen LogP contribution in [-0.2, 0) is 11.0 Å². The summed E-state index contributed by atoms with van der Waals surface area (Å²) in [7, 11) is -1.43. The Hall–Kier alpha value is 0.127. The SMILES string of the molecule is CCCC[Si](C)(C)OCc1cccc(I)c1. The van der Waals surface area contributed by atoms with E-state index in [1.807, 2.05) is 0 Å². The van der Waals surface area contributed by atoms with Crippen molar-refractivity contribution in [1.82, 2.24) is 0 Å². The predicted molar refractivity (Wildman–Crippen MR) is 81.1 cm³/mol. The Morgan fingerprint density at radius 3 is 2.69 bits per heavy atom. The van der Waals surface area contributed by atoms with Crippen LogP contribution in [0, 0.1) is 3.57 Å². The Labute approximate surface area is 114 Å². The third-order valence-corrected chi connectivity index (χ3v) is 5.81. The van der Waals surface area contributed by atoms with Gasteiger partial charge in [-0.2, -0.15) is 0 Å². The number of rotatable bonds is 6. The van der Waals surface area contributed by atoms with Crippen molar-refractivity contribution in [2.45, 2.75) is 45.5 Å². The Bertz CT molecular complexity index is 325. The van der Waals surface area contributed by atoms with Gasteiger partial charge in [0.15, 0.2) is 8.32 Å². The molecule has 0 amide bonds. The van der Waals surface area contributed by atoms with E-state index in [-0.39, 0.29) is 0 Å². The molecule has 0 fully saturated rings. The molecule has 0 N–H and O–H groups in total. The lowest BCUT2D eigenvalue weighted by atomic mass is 10.2. The molecule has 3 heteroatoms. The van der Waals surface area contributed by atoms with Gasteiger partial charge < -0.3 is 4.43 Å². The summed E-state index contributed by atoms with van der Waals surface area (Å²) >= 11 is 2.34. The number of halogens is 1. The number of unbranched alkanes of at least 4 members (excludes halogenated alkanes) is 1. The highest BCUT2D eigenvalue weighted by Gasteiger charge is 2.21. The Kier molecular flexibility index (Phi) is 6.00. The largest absolute Gasteiger partial charge is 0.413 e. The number of hydrogen-bond acceptors (Lipinski definition) is 1. The van der Waals surface area contributed by atoms with E-state index in [1.54, 1.807) is 0 Å². The van der Waals surface area contributed by atoms with E-state index in [0.29, 0.717) is 0 Å². The van der Waals surface area contributed by atoms with E-state index >= 15 is 0 Å². The van der Waals surface area contributed by atoms with E-state index in [9.17, 15) is 0 Å². The maximum Gasteiger partial charge on any atom is 0.187 e. The molecule has 0 aliphatic carbocycles. The van der Waals surface area contributed by atoms with Gasteiger partial charge in [-0.15, -0.1) is 0 Å². The minimum atomic E-state index is -1.43. The van der Waals surface area contributed by atoms with E-state index in [4.69, 9.17) is 4.43 Å². The molecule has 1 rings (SSSR count). The summed E-state index contributed by atoms with van der Waals surface area (Å²) in [6, 6.07) is 9.83. The van der Waals surface area contributed by atoms with Crippen molar-refractivity contribution in [3.05, 3.63) is 33.4 Å². The van der Waals surface area contributed by atoms with E-state index in [2.05, 4.69) is 66.9 Å². The minimum Gasteiger partial charge on any atom is -0.413 e. The summed E-state index contributed by atoms with van der Waals surface area (Å²) in [6.07, 6.45) is 2.56. The van der Waals surface area contributed by atoms with E-state index < -0.39 is 8.32 Å². The van der Waals surface area contributed by atoms with Gasteiger partial charge in [-0.1, -0.05) is 31.9 Å². The molecule has 0 radical (unpaired) electrons. The second kappa shape index (κ2) is 6.76. The normalized spacial score (nSPS) is 11.8. The van der Waals surface area contributed by atoms with Crippen molar-refractivity contribution < 1.29 is 4.43 Å². The molecule has 16 heavy (non-hydrogen) atoms. The van der Waals surface area contributed by atoms with Crippen LogP contribution in [0.5, 0.6) is 0 Å². The summed E-state index contributed by atoms with van der Waals surface area (Å²) in [5, 5.41) is 0. The summed E-state index contributed by atoms with van der Waals surface area (Å²) in [6.45, 7) is 7.65. The first-order chi connectivity index (χ1) is 7.53. The molecular formula is C13H21IOSi. The minimum absolute atomic E-state index is 0.778. The van der Waals surface area contributed by atoms with Crippen molar-refractivity contribution in [3.8, 4) is 0 Å². The Morgan fingerprint density at radius 1 is 1.31 bits per heavy atom. The van der Waals surface area contributed by atoms with Crippen LogP contribution < -0.4 is 0 Å². The molecule has 0 heterocycles. The lowest BCUT2D eigenvalue weighted by Crippen LogP contribution is -2.29. The summed E-state index contributed by atoms with van der Waals surface area (Å²) < 4.78 is 7.39. The van der Waals surface area contributed by atoms with Crippen LogP contribution in [-0.4, -0.2) is 8.32 Å². The molecule has 1 aromatic carbocycles. The third kappa shape index (κ3) is 5.45. The number of hydrogen-bond donors (Lipinski definition) is 0. The van der Waals surface area contributed by atoms with Gasteiger partial charge in [-0.3, -0.25) is 0 Å². The zero-order valence-corrected chi connectivity index (χ0v) is 13.6. The van der Waals surface area contributed by atoms with Crippen molar-refractivity contribution >= 4 is 30.9 Å². The zero-order valence-electron chi connectivity index (χ0n) is 10.4. The van der Waals surface area contributed by atoms with E-state index in [1.165, 1.54) is 28.0 Å². The summed E-state index contributed by atoms with van der Waals surface area (Å²) in [4.78, 5) is 0. The highest BCUT2D eigenvalue weighted by molar-refractivity contribution is 14.1. The van der Waals surface area contributed by atoms with Gasteiger partial charge in [0.2, 0.25) is 0 Å². The smallest absolute Gasteiger partial charge is 0.187 e. The molecular weight excluding hydrogens is 327 g/mol. The second-order valence-corrected chi connectivity index (χ2v) is 10.3. The fourth-order valence-corrected chi connectivity index (χ4v) is 4.09. The predicted octanol–water partition coefficient (Wildman–Crippen LogP) is 4.81. The monoisotopic (exact) mass is 348 g/mol. The molecule has 1 aromatic rings. The van der Waals surface area contributed by atoms with E-state index in [0.717, 1.165) is 6.61 Å². The van der Waals surface area contributed by atoms with Gasteiger partial charge in [0, 0.05) is 3.57 Å². The molecule has 0 aliphatic rings. The van der Waals surface area contributed by atoms with Gasteiger partial charge in [0.25, 0.3) is 0 Å². The first-order valence-corrected chi connectivity index (χ1v) is 10.1. The molecule has 0 atom stereocenters. The van der Waals surface area contributed by atoms with Crippen LogP contribution >= 0.6 is 22.6 Å². The fraction of sp³-hybridized carbons (Fsp3) is 0.538. The molecule has 0 unspecified atom stereocenters.